The summed E-state index contributed by atoms with van der Waals surface area (Å²) in [7, 11) is 1.37. The topological polar surface area (TPSA) is 52.0 Å². The number of rotatable bonds is 3. The van der Waals surface area contributed by atoms with Gasteiger partial charge in [0.05, 0.1) is 12.9 Å². The Morgan fingerprint density at radius 1 is 1.28 bits per heavy atom. The lowest BCUT2D eigenvalue weighted by molar-refractivity contribution is 0.606. The lowest BCUT2D eigenvalue weighted by Crippen LogP contribution is -1.97. The summed E-state index contributed by atoms with van der Waals surface area (Å²) < 4.78 is 23.7. The lowest BCUT2D eigenvalue weighted by atomic mass is 10.2. The molecule has 0 bridgehead atoms. The lowest BCUT2D eigenvalue weighted by Gasteiger charge is -2.05. The largest absolute Gasteiger partial charge is 0.332 e. The fourth-order valence-electron chi connectivity index (χ4n) is 1.41. The summed E-state index contributed by atoms with van der Waals surface area (Å²) in [4.78, 5) is 3.70. The molecule has 1 aromatic carbocycles. The molecule has 0 saturated carbocycles. The third-order valence-corrected chi connectivity index (χ3v) is 4.01. The van der Waals surface area contributed by atoms with Crippen LogP contribution in [0.25, 0.3) is 0 Å². The Hall–Kier alpha value is -0.750. The van der Waals surface area contributed by atoms with Gasteiger partial charge >= 0.3 is 0 Å². The van der Waals surface area contributed by atoms with Crippen LogP contribution in [0.3, 0.4) is 0 Å². The third-order valence-electron chi connectivity index (χ3n) is 2.22. The zero-order valence-corrected chi connectivity index (χ0v) is 11.9. The van der Waals surface area contributed by atoms with Crippen molar-refractivity contribution in [3.8, 4) is 0 Å². The molecule has 0 radical (unpaired) electrons. The molecule has 1 aromatic heterocycles. The van der Waals surface area contributed by atoms with E-state index in [-0.39, 0.29) is 5.03 Å². The molecule has 8 heteroatoms. The zero-order valence-electron chi connectivity index (χ0n) is 8.85. The van der Waals surface area contributed by atoms with Crippen LogP contribution in [0.5, 0.6) is 0 Å². The molecule has 0 unspecified atom stereocenters. The van der Waals surface area contributed by atoms with Crippen molar-refractivity contribution in [1.82, 2.24) is 9.55 Å². The van der Waals surface area contributed by atoms with Crippen molar-refractivity contribution in [1.29, 1.82) is 0 Å². The molecule has 0 amide bonds. The molecule has 18 heavy (non-hydrogen) atoms. The summed E-state index contributed by atoms with van der Waals surface area (Å²) in [6.45, 7) is 0.360. The number of hydrogen-bond donors (Lipinski definition) is 0. The average molecular weight is 326 g/mol. The van der Waals surface area contributed by atoms with E-state index in [1.165, 1.54) is 12.5 Å². The monoisotopic (exact) mass is 324 g/mol. The second-order valence-electron chi connectivity index (χ2n) is 3.56. The molecule has 0 atom stereocenters. The van der Waals surface area contributed by atoms with Gasteiger partial charge in [-0.05, 0) is 23.8 Å². The summed E-state index contributed by atoms with van der Waals surface area (Å²) in [5.74, 6) is 0. The van der Waals surface area contributed by atoms with E-state index in [1.54, 1.807) is 22.8 Å². The Balaban J connectivity index is 2.29. The van der Waals surface area contributed by atoms with Gasteiger partial charge in [0.15, 0.2) is 5.03 Å². The molecule has 0 spiro atoms. The van der Waals surface area contributed by atoms with Crippen molar-refractivity contribution >= 4 is 42.9 Å². The van der Waals surface area contributed by atoms with Crippen LogP contribution in [0.1, 0.15) is 5.56 Å². The summed E-state index contributed by atoms with van der Waals surface area (Å²) in [5, 5.41) is 0.908. The van der Waals surface area contributed by atoms with Crippen LogP contribution < -0.4 is 0 Å². The normalized spacial score (nSPS) is 11.7. The van der Waals surface area contributed by atoms with Crippen LogP contribution in [0, 0.1) is 0 Å². The number of aromatic nitrogens is 2. The molecule has 0 fully saturated rings. The average Bonchev–Trinajstić information content (AvgIpc) is 2.71. The van der Waals surface area contributed by atoms with Crippen molar-refractivity contribution in [3.63, 3.8) is 0 Å². The van der Waals surface area contributed by atoms with Gasteiger partial charge in [-0.1, -0.05) is 23.2 Å². The minimum absolute atomic E-state index is 0.192. The second-order valence-corrected chi connectivity index (χ2v) is 6.91. The van der Waals surface area contributed by atoms with E-state index in [4.69, 9.17) is 33.9 Å². The minimum Gasteiger partial charge on any atom is -0.332 e. The predicted octanol–water partition coefficient (Wildman–Crippen LogP) is 3.17. The highest BCUT2D eigenvalue weighted by atomic mass is 35.7. The third kappa shape index (κ3) is 3.17. The van der Waals surface area contributed by atoms with Gasteiger partial charge < -0.3 is 4.57 Å². The molecule has 1 heterocycles. The number of nitrogens with zero attached hydrogens (tertiary/aromatic N) is 2. The Bertz CT molecular complexity index is 682. The summed E-state index contributed by atoms with van der Waals surface area (Å²) in [6.07, 6.45) is 2.70. The molecule has 96 valence electrons. The van der Waals surface area contributed by atoms with Crippen LogP contribution in [0.2, 0.25) is 10.0 Å². The smallest absolute Gasteiger partial charge is 0.280 e. The Kier molecular flexibility index (Phi) is 3.87. The standard InChI is InChI=1S/C10H7Cl3N2O2S/c11-8-1-2-9(12)7(3-8)4-15-5-10(14-6-15)18(13,16)17/h1-3,5-6H,4H2. The maximum atomic E-state index is 11.1. The first-order valence-corrected chi connectivity index (χ1v) is 7.83. The number of benzene rings is 1. The van der Waals surface area contributed by atoms with Crippen LogP contribution in [-0.2, 0) is 15.6 Å². The van der Waals surface area contributed by atoms with Gasteiger partial charge in [0.25, 0.3) is 9.05 Å². The Labute approximate surface area is 119 Å². The number of hydrogen-bond acceptors (Lipinski definition) is 3. The van der Waals surface area contributed by atoms with Crippen LogP contribution in [0.4, 0.5) is 0 Å². The van der Waals surface area contributed by atoms with E-state index in [9.17, 15) is 8.42 Å². The summed E-state index contributed by atoms with van der Waals surface area (Å²) >= 11 is 11.9. The van der Waals surface area contributed by atoms with Gasteiger partial charge in [0, 0.05) is 26.9 Å². The van der Waals surface area contributed by atoms with E-state index in [0.29, 0.717) is 16.6 Å². The Morgan fingerprint density at radius 2 is 2.00 bits per heavy atom. The first-order chi connectivity index (χ1) is 8.36. The maximum Gasteiger partial charge on any atom is 0.280 e. The molecule has 2 aromatic rings. The molecular formula is C10H7Cl3N2O2S. The second kappa shape index (κ2) is 5.09. The van der Waals surface area contributed by atoms with Crippen LogP contribution >= 0.6 is 33.9 Å². The van der Waals surface area contributed by atoms with Gasteiger partial charge in [-0.25, -0.2) is 13.4 Å². The maximum absolute atomic E-state index is 11.1. The SMILES string of the molecule is O=S(=O)(Cl)c1cn(Cc2cc(Cl)ccc2Cl)cn1. The summed E-state index contributed by atoms with van der Waals surface area (Å²) in [5.41, 5.74) is 0.764. The van der Waals surface area contributed by atoms with Gasteiger partial charge in [0.2, 0.25) is 0 Å². The van der Waals surface area contributed by atoms with Crippen LogP contribution in [0.15, 0.2) is 35.7 Å². The number of halogens is 3. The van der Waals surface area contributed by atoms with Gasteiger partial charge in [0.1, 0.15) is 0 Å². The van der Waals surface area contributed by atoms with Gasteiger partial charge in [-0.2, -0.15) is 0 Å². The van der Waals surface area contributed by atoms with E-state index < -0.39 is 9.05 Å². The van der Waals surface area contributed by atoms with Gasteiger partial charge in [-0.3, -0.25) is 0 Å². The molecule has 0 aliphatic heterocycles. The van der Waals surface area contributed by atoms with Crippen molar-refractivity contribution in [2.75, 3.05) is 0 Å². The van der Waals surface area contributed by atoms with Crippen LogP contribution in [-0.4, -0.2) is 18.0 Å². The highest BCUT2D eigenvalue weighted by molar-refractivity contribution is 8.13. The number of imidazole rings is 1. The molecule has 0 saturated heterocycles. The molecule has 2 rings (SSSR count). The van der Waals surface area contributed by atoms with E-state index >= 15 is 0 Å². The van der Waals surface area contributed by atoms with Crippen molar-refractivity contribution in [3.05, 3.63) is 46.3 Å². The molecule has 4 nitrogen and oxygen atoms in total. The quantitative estimate of drug-likeness (QED) is 0.815. The van der Waals surface area contributed by atoms with E-state index in [0.717, 1.165) is 5.56 Å². The molecule has 0 N–H and O–H groups in total. The minimum atomic E-state index is -3.81. The molecule has 0 aliphatic rings. The highest BCUT2D eigenvalue weighted by Gasteiger charge is 2.13. The Morgan fingerprint density at radius 3 is 2.61 bits per heavy atom. The van der Waals surface area contributed by atoms with Gasteiger partial charge in [-0.15, -0.1) is 0 Å². The predicted molar refractivity (Wildman–Crippen MR) is 70.8 cm³/mol. The van der Waals surface area contributed by atoms with Crippen molar-refractivity contribution in [2.24, 2.45) is 0 Å². The zero-order chi connectivity index (χ0) is 13.3. The molecule has 0 aliphatic carbocycles. The summed E-state index contributed by atoms with van der Waals surface area (Å²) in [6, 6.07) is 5.06. The van der Waals surface area contributed by atoms with Crippen molar-refractivity contribution in [2.45, 2.75) is 11.6 Å². The first-order valence-electron chi connectivity index (χ1n) is 4.76. The first kappa shape index (κ1) is 13.7. The molecular weight excluding hydrogens is 319 g/mol. The fraction of sp³-hybridized carbons (Fsp3) is 0.100. The highest BCUT2D eigenvalue weighted by Crippen LogP contribution is 2.22. The van der Waals surface area contributed by atoms with Crippen molar-refractivity contribution < 1.29 is 8.42 Å². The van der Waals surface area contributed by atoms with E-state index in [1.807, 2.05) is 0 Å². The fourth-order valence-corrected chi connectivity index (χ4v) is 2.46. The van der Waals surface area contributed by atoms with E-state index in [2.05, 4.69) is 4.98 Å².